The van der Waals surface area contributed by atoms with Crippen molar-refractivity contribution in [2.75, 3.05) is 11.4 Å². The maximum absolute atomic E-state index is 6.59. The quantitative estimate of drug-likeness (QED) is 0.830. The first kappa shape index (κ1) is 16.6. The highest BCUT2D eigenvalue weighted by molar-refractivity contribution is 6.33. The molecule has 0 heterocycles. The molecule has 1 aliphatic rings. The highest BCUT2D eigenvalue weighted by Crippen LogP contribution is 2.36. The zero-order chi connectivity index (χ0) is 15.4. The van der Waals surface area contributed by atoms with Crippen LogP contribution in [0.4, 0.5) is 5.69 Å². The molecule has 0 saturated heterocycles. The average molecular weight is 309 g/mol. The number of benzene rings is 1. The first-order chi connectivity index (χ1) is 9.99. The van der Waals surface area contributed by atoms with Crippen molar-refractivity contribution in [1.82, 2.24) is 0 Å². The van der Waals surface area contributed by atoms with Gasteiger partial charge < -0.3 is 10.6 Å². The molecule has 0 amide bonds. The van der Waals surface area contributed by atoms with Gasteiger partial charge in [-0.2, -0.15) is 0 Å². The van der Waals surface area contributed by atoms with E-state index in [2.05, 4.69) is 31.7 Å². The molecule has 2 N–H and O–H groups in total. The van der Waals surface area contributed by atoms with Gasteiger partial charge in [0, 0.05) is 18.6 Å². The summed E-state index contributed by atoms with van der Waals surface area (Å²) in [5.41, 5.74) is 8.57. The van der Waals surface area contributed by atoms with Crippen LogP contribution in [0, 0.1) is 5.92 Å². The number of hydrogen-bond donors (Lipinski definition) is 1. The molecule has 0 spiro atoms. The van der Waals surface area contributed by atoms with E-state index in [-0.39, 0.29) is 6.04 Å². The van der Waals surface area contributed by atoms with E-state index in [4.69, 9.17) is 17.3 Å². The van der Waals surface area contributed by atoms with Crippen molar-refractivity contribution in [1.29, 1.82) is 0 Å². The van der Waals surface area contributed by atoms with E-state index >= 15 is 0 Å². The van der Waals surface area contributed by atoms with Gasteiger partial charge >= 0.3 is 0 Å². The Labute approximate surface area is 134 Å². The number of halogens is 1. The molecule has 1 fully saturated rings. The Hall–Kier alpha value is -0.730. The molecule has 21 heavy (non-hydrogen) atoms. The topological polar surface area (TPSA) is 29.3 Å². The van der Waals surface area contributed by atoms with Gasteiger partial charge in [0.25, 0.3) is 0 Å². The smallest absolute Gasteiger partial charge is 0.0642 e. The van der Waals surface area contributed by atoms with E-state index in [0.29, 0.717) is 12.0 Å². The fourth-order valence-electron chi connectivity index (χ4n) is 3.43. The number of para-hydroxylation sites is 1. The predicted octanol–water partition coefficient (Wildman–Crippen LogP) is 4.63. The van der Waals surface area contributed by atoms with Crippen LogP contribution >= 0.6 is 11.6 Å². The Bertz CT molecular complexity index is 451. The number of nitrogens with zero attached hydrogens (tertiary/aromatic N) is 1. The fourth-order valence-corrected chi connectivity index (χ4v) is 3.73. The summed E-state index contributed by atoms with van der Waals surface area (Å²) >= 11 is 6.59. The van der Waals surface area contributed by atoms with Crippen molar-refractivity contribution >= 4 is 17.3 Å². The van der Waals surface area contributed by atoms with Gasteiger partial charge in [-0.3, -0.25) is 0 Å². The maximum Gasteiger partial charge on any atom is 0.0642 e. The zero-order valence-electron chi connectivity index (χ0n) is 13.6. The Morgan fingerprint density at radius 3 is 2.48 bits per heavy atom. The van der Waals surface area contributed by atoms with E-state index < -0.39 is 0 Å². The third kappa shape index (κ3) is 4.37. The van der Waals surface area contributed by atoms with Crippen LogP contribution < -0.4 is 10.6 Å². The second kappa shape index (κ2) is 7.51. The highest BCUT2D eigenvalue weighted by atomic mass is 35.5. The molecule has 3 heteroatoms. The predicted molar refractivity (Wildman–Crippen MR) is 93.2 cm³/mol. The largest absolute Gasteiger partial charge is 0.367 e. The van der Waals surface area contributed by atoms with Crippen LogP contribution in [0.2, 0.25) is 5.02 Å². The lowest BCUT2D eigenvalue weighted by Gasteiger charge is -2.35. The molecular weight excluding hydrogens is 280 g/mol. The van der Waals surface area contributed by atoms with Crippen molar-refractivity contribution in [2.24, 2.45) is 11.7 Å². The first-order valence-corrected chi connectivity index (χ1v) is 8.66. The molecule has 0 radical (unpaired) electrons. The summed E-state index contributed by atoms with van der Waals surface area (Å²) < 4.78 is 0. The number of hydrogen-bond acceptors (Lipinski definition) is 2. The van der Waals surface area contributed by atoms with Gasteiger partial charge in [0.2, 0.25) is 0 Å². The van der Waals surface area contributed by atoms with Crippen LogP contribution in [0.25, 0.3) is 0 Å². The lowest BCUT2D eigenvalue weighted by atomic mass is 10.0. The molecule has 1 aromatic carbocycles. The van der Waals surface area contributed by atoms with Crippen molar-refractivity contribution in [3.8, 4) is 0 Å². The van der Waals surface area contributed by atoms with E-state index in [1.54, 1.807) is 0 Å². The third-order valence-corrected chi connectivity index (χ3v) is 4.53. The van der Waals surface area contributed by atoms with Crippen LogP contribution in [0.15, 0.2) is 18.2 Å². The minimum atomic E-state index is 0.159. The molecule has 1 unspecified atom stereocenters. The van der Waals surface area contributed by atoms with E-state index in [0.717, 1.165) is 18.0 Å². The maximum atomic E-state index is 6.59. The highest BCUT2D eigenvalue weighted by Gasteiger charge is 2.26. The third-order valence-electron chi connectivity index (χ3n) is 4.23. The minimum Gasteiger partial charge on any atom is -0.367 e. The molecule has 0 aliphatic heterocycles. The van der Waals surface area contributed by atoms with Crippen molar-refractivity contribution < 1.29 is 0 Å². The number of nitrogens with two attached hydrogens (primary N) is 1. The molecule has 0 bridgehead atoms. The molecule has 2 rings (SSSR count). The first-order valence-electron chi connectivity index (χ1n) is 8.28. The average Bonchev–Trinajstić information content (AvgIpc) is 2.89. The van der Waals surface area contributed by atoms with Crippen LogP contribution in [-0.2, 0) is 6.42 Å². The summed E-state index contributed by atoms with van der Waals surface area (Å²) in [5, 5.41) is 0.876. The Balaban J connectivity index is 2.37. The van der Waals surface area contributed by atoms with Gasteiger partial charge in [-0.1, -0.05) is 50.4 Å². The zero-order valence-corrected chi connectivity index (χ0v) is 14.4. The van der Waals surface area contributed by atoms with Crippen molar-refractivity contribution in [3.05, 3.63) is 28.8 Å². The van der Waals surface area contributed by atoms with Gasteiger partial charge in [-0.25, -0.2) is 0 Å². The molecule has 1 saturated carbocycles. The Kier molecular flexibility index (Phi) is 5.95. The molecule has 118 valence electrons. The lowest BCUT2D eigenvalue weighted by molar-refractivity contribution is 0.533. The van der Waals surface area contributed by atoms with Gasteiger partial charge in [-0.05, 0) is 43.7 Å². The van der Waals surface area contributed by atoms with E-state index in [9.17, 15) is 0 Å². The molecular formula is C18H29ClN2. The summed E-state index contributed by atoms with van der Waals surface area (Å²) in [6, 6.07) is 7.05. The van der Waals surface area contributed by atoms with Crippen molar-refractivity contribution in [2.45, 2.75) is 65.0 Å². The van der Waals surface area contributed by atoms with E-state index in [1.165, 1.54) is 36.9 Å². The summed E-state index contributed by atoms with van der Waals surface area (Å²) in [4.78, 5) is 2.57. The summed E-state index contributed by atoms with van der Waals surface area (Å²) in [5.74, 6) is 0.630. The molecule has 1 aromatic rings. The molecule has 0 aromatic heterocycles. The van der Waals surface area contributed by atoms with Gasteiger partial charge in [-0.15, -0.1) is 0 Å². The van der Waals surface area contributed by atoms with E-state index in [1.807, 2.05) is 12.1 Å². The van der Waals surface area contributed by atoms with Crippen LogP contribution in [0.3, 0.4) is 0 Å². The lowest BCUT2D eigenvalue weighted by Crippen LogP contribution is -2.37. The Morgan fingerprint density at radius 2 is 1.90 bits per heavy atom. The molecule has 1 atom stereocenters. The van der Waals surface area contributed by atoms with Crippen LogP contribution in [-0.4, -0.2) is 18.6 Å². The fraction of sp³-hybridized carbons (Fsp3) is 0.667. The second-order valence-electron chi connectivity index (χ2n) is 6.91. The van der Waals surface area contributed by atoms with Gasteiger partial charge in [0.15, 0.2) is 0 Å². The standard InChI is InChI=1S/C18H29ClN2/c1-13(2)12-21(16-8-4-5-9-16)18-15(11-14(3)20)7-6-10-17(18)19/h6-7,10,13-14,16H,4-5,8-9,11-12,20H2,1-3H3. The number of rotatable bonds is 6. The van der Waals surface area contributed by atoms with Gasteiger partial charge in [0.05, 0.1) is 10.7 Å². The monoisotopic (exact) mass is 308 g/mol. The molecule has 2 nitrogen and oxygen atoms in total. The summed E-state index contributed by atoms with van der Waals surface area (Å²) in [7, 11) is 0. The van der Waals surface area contributed by atoms with Gasteiger partial charge in [0.1, 0.15) is 0 Å². The van der Waals surface area contributed by atoms with Crippen molar-refractivity contribution in [3.63, 3.8) is 0 Å². The normalized spacial score (nSPS) is 17.4. The number of anilines is 1. The van der Waals surface area contributed by atoms with Crippen LogP contribution in [0.5, 0.6) is 0 Å². The SMILES string of the molecule is CC(C)CN(c1c(Cl)cccc1CC(C)N)C1CCCC1. The Morgan fingerprint density at radius 1 is 1.24 bits per heavy atom. The molecule has 1 aliphatic carbocycles. The summed E-state index contributed by atoms with van der Waals surface area (Å²) in [6.45, 7) is 7.70. The summed E-state index contributed by atoms with van der Waals surface area (Å²) in [6.07, 6.45) is 6.14. The minimum absolute atomic E-state index is 0.159. The second-order valence-corrected chi connectivity index (χ2v) is 7.32. The van der Waals surface area contributed by atoms with Crippen LogP contribution in [0.1, 0.15) is 52.0 Å².